The van der Waals surface area contributed by atoms with Crippen molar-refractivity contribution in [3.8, 4) is 0 Å². The van der Waals surface area contributed by atoms with Gasteiger partial charge in [-0.1, -0.05) is 42.4 Å². The zero-order valence-corrected chi connectivity index (χ0v) is 19.9. The Labute approximate surface area is 192 Å². The van der Waals surface area contributed by atoms with Gasteiger partial charge in [0.1, 0.15) is 6.04 Å². The minimum Gasteiger partial charge on any atom is -0.481 e. The third-order valence-electron chi connectivity index (χ3n) is 4.16. The fraction of sp³-hybridized carbons (Fsp3) is 0.636. The lowest BCUT2D eigenvalue weighted by molar-refractivity contribution is -0.138. The van der Waals surface area contributed by atoms with Crippen molar-refractivity contribution in [3.63, 3.8) is 0 Å². The Hall–Kier alpha value is -1.58. The predicted octanol–water partition coefficient (Wildman–Crippen LogP) is 4.62. The molecular formula is C22H39NO6S2. The largest absolute Gasteiger partial charge is 0.481 e. The molecule has 0 amide bonds. The van der Waals surface area contributed by atoms with Crippen LogP contribution in [-0.2, 0) is 19.6 Å². The molecule has 1 atom stereocenters. The number of rotatable bonds is 16. The zero-order valence-electron chi connectivity index (χ0n) is 18.3. The Morgan fingerprint density at radius 1 is 0.935 bits per heavy atom. The number of sulfonamides is 1. The molecule has 0 aliphatic carbocycles. The molecule has 31 heavy (non-hydrogen) atoms. The molecule has 7 nitrogen and oxygen atoms in total. The second kappa shape index (κ2) is 17.0. The maximum atomic E-state index is 11.8. The van der Waals surface area contributed by atoms with Gasteiger partial charge in [-0.3, -0.25) is 9.59 Å². The van der Waals surface area contributed by atoms with Crippen LogP contribution in [-0.4, -0.2) is 53.9 Å². The van der Waals surface area contributed by atoms with Gasteiger partial charge in [0.05, 0.1) is 12.2 Å². The molecule has 0 aromatic heterocycles. The molecule has 0 aliphatic rings. The highest BCUT2D eigenvalue weighted by Crippen LogP contribution is 2.13. The molecule has 9 heteroatoms. The lowest BCUT2D eigenvalue weighted by Crippen LogP contribution is -2.43. The summed E-state index contributed by atoms with van der Waals surface area (Å²) in [6.45, 7) is 8.35. The first-order valence-corrected chi connectivity index (χ1v) is 12.7. The van der Waals surface area contributed by atoms with Crippen LogP contribution < -0.4 is 4.72 Å². The average Bonchev–Trinajstić information content (AvgIpc) is 2.62. The molecule has 0 bridgehead atoms. The number of aliphatic carboxylic acids is 2. The van der Waals surface area contributed by atoms with Crippen molar-refractivity contribution >= 4 is 33.7 Å². The van der Waals surface area contributed by atoms with Crippen LogP contribution in [0.25, 0.3) is 0 Å². The number of allylic oxidation sites excluding steroid dienone is 5. The van der Waals surface area contributed by atoms with Gasteiger partial charge in [0.2, 0.25) is 10.0 Å². The van der Waals surface area contributed by atoms with Gasteiger partial charge >= 0.3 is 11.9 Å². The number of carboxylic acids is 2. The van der Waals surface area contributed by atoms with E-state index in [1.807, 2.05) is 13.0 Å². The quantitative estimate of drug-likeness (QED) is 0.219. The molecule has 0 spiro atoms. The summed E-state index contributed by atoms with van der Waals surface area (Å²) in [7, 11) is -3.96. The van der Waals surface area contributed by atoms with Crippen LogP contribution in [0.5, 0.6) is 0 Å². The van der Waals surface area contributed by atoms with Crippen molar-refractivity contribution in [2.24, 2.45) is 0 Å². The Morgan fingerprint density at radius 3 is 2.00 bits per heavy atom. The van der Waals surface area contributed by atoms with Gasteiger partial charge < -0.3 is 10.2 Å². The molecule has 0 unspecified atom stereocenters. The highest BCUT2D eigenvalue weighted by Gasteiger charge is 2.24. The second-order valence-electron chi connectivity index (χ2n) is 7.47. The van der Waals surface area contributed by atoms with E-state index in [4.69, 9.17) is 5.11 Å². The first-order valence-electron chi connectivity index (χ1n) is 9.90. The van der Waals surface area contributed by atoms with Crippen LogP contribution in [0.2, 0.25) is 0 Å². The number of hydrogen-bond donors (Lipinski definition) is 3. The van der Waals surface area contributed by atoms with Gasteiger partial charge in [-0.05, 0) is 53.4 Å². The van der Waals surface area contributed by atoms with E-state index in [2.05, 4.69) is 37.6 Å². The van der Waals surface area contributed by atoms with E-state index < -0.39 is 40.2 Å². The topological polar surface area (TPSA) is 121 Å². The fourth-order valence-electron chi connectivity index (χ4n) is 2.38. The summed E-state index contributed by atoms with van der Waals surface area (Å²) in [5, 5.41) is 17.8. The van der Waals surface area contributed by atoms with Crippen LogP contribution in [0.1, 0.15) is 67.2 Å². The van der Waals surface area contributed by atoms with Gasteiger partial charge in [0, 0.05) is 11.5 Å². The van der Waals surface area contributed by atoms with Gasteiger partial charge in [0.25, 0.3) is 0 Å². The van der Waals surface area contributed by atoms with Crippen LogP contribution in [0.3, 0.4) is 0 Å². The number of carboxylic acid groups (broad SMARTS) is 2. The minimum atomic E-state index is -3.96. The molecule has 0 aromatic rings. The van der Waals surface area contributed by atoms with Crippen molar-refractivity contribution in [3.05, 3.63) is 34.9 Å². The summed E-state index contributed by atoms with van der Waals surface area (Å²) in [4.78, 5) is 21.8. The second-order valence-corrected chi connectivity index (χ2v) is 10.4. The monoisotopic (exact) mass is 477 g/mol. The van der Waals surface area contributed by atoms with E-state index in [0.29, 0.717) is 5.75 Å². The van der Waals surface area contributed by atoms with Crippen LogP contribution in [0.4, 0.5) is 0 Å². The van der Waals surface area contributed by atoms with E-state index in [9.17, 15) is 23.1 Å². The molecule has 0 aromatic carbocycles. The standard InChI is InChI=1S/C21H35NO6S2.CH4/c1-16(2)7-5-8-17(3)9-6-10-18(4)11-13-29-15-19(21(25)26)22-30(27,28)14-12-20(23)24;/h7,9,11,19,22H,5-6,8,10,12-15H2,1-4H3,(H,23,24)(H,25,26);1H4/b17-9+,18-11+;/t19-;/m0./s1. The van der Waals surface area contributed by atoms with Crippen LogP contribution in [0, 0.1) is 0 Å². The summed E-state index contributed by atoms with van der Waals surface area (Å²) < 4.78 is 25.7. The Morgan fingerprint density at radius 2 is 1.48 bits per heavy atom. The zero-order chi connectivity index (χ0) is 23.2. The van der Waals surface area contributed by atoms with Crippen molar-refractivity contribution in [1.29, 1.82) is 0 Å². The molecule has 0 heterocycles. The lowest BCUT2D eigenvalue weighted by Gasteiger charge is -2.13. The van der Waals surface area contributed by atoms with Crippen molar-refractivity contribution in [2.45, 2.75) is 73.3 Å². The van der Waals surface area contributed by atoms with Gasteiger partial charge in [-0.2, -0.15) is 11.8 Å². The summed E-state index contributed by atoms with van der Waals surface area (Å²) in [5.74, 6) is -2.53. The third kappa shape index (κ3) is 18.9. The molecule has 0 saturated heterocycles. The molecule has 0 saturated carbocycles. The van der Waals surface area contributed by atoms with Crippen molar-refractivity contribution in [2.75, 3.05) is 17.3 Å². The lowest BCUT2D eigenvalue weighted by atomic mass is 10.1. The van der Waals surface area contributed by atoms with Gasteiger partial charge in [0.15, 0.2) is 0 Å². The highest BCUT2D eigenvalue weighted by atomic mass is 32.2. The summed E-state index contributed by atoms with van der Waals surface area (Å²) >= 11 is 1.31. The number of hydrogen-bond acceptors (Lipinski definition) is 5. The van der Waals surface area contributed by atoms with Crippen LogP contribution >= 0.6 is 11.8 Å². The molecule has 0 aliphatic heterocycles. The Balaban J connectivity index is 0. The number of thioether (sulfide) groups is 1. The van der Waals surface area contributed by atoms with Gasteiger partial charge in [-0.25, -0.2) is 13.1 Å². The SMILES string of the molecule is C.CC(C)=CCC/C(C)=C/CC/C(C)=C/CSC[C@H](NS(=O)(=O)CCC(=O)O)C(=O)O. The smallest absolute Gasteiger partial charge is 0.322 e. The van der Waals surface area contributed by atoms with Crippen LogP contribution in [0.15, 0.2) is 34.9 Å². The van der Waals surface area contributed by atoms with E-state index in [0.717, 1.165) is 25.7 Å². The summed E-state index contributed by atoms with van der Waals surface area (Å²) in [6.07, 6.45) is 9.92. The molecular weight excluding hydrogens is 438 g/mol. The third-order valence-corrected chi connectivity index (χ3v) is 6.52. The fourth-order valence-corrected chi connectivity index (χ4v) is 4.66. The number of carbonyl (C=O) groups is 2. The predicted molar refractivity (Wildman–Crippen MR) is 130 cm³/mol. The summed E-state index contributed by atoms with van der Waals surface area (Å²) in [5.41, 5.74) is 3.90. The molecule has 3 N–H and O–H groups in total. The Bertz CT molecular complexity index is 750. The van der Waals surface area contributed by atoms with Gasteiger partial charge in [-0.15, -0.1) is 0 Å². The maximum absolute atomic E-state index is 11.8. The molecule has 180 valence electrons. The van der Waals surface area contributed by atoms with E-state index >= 15 is 0 Å². The summed E-state index contributed by atoms with van der Waals surface area (Å²) in [6, 6.07) is -1.28. The van der Waals surface area contributed by atoms with E-state index in [-0.39, 0.29) is 13.2 Å². The van der Waals surface area contributed by atoms with Crippen molar-refractivity contribution < 1.29 is 28.2 Å². The molecule has 0 radical (unpaired) electrons. The minimum absolute atomic E-state index is 0. The van der Waals surface area contributed by atoms with E-state index in [1.54, 1.807) is 0 Å². The number of nitrogens with one attached hydrogen (secondary N) is 1. The normalized spacial score (nSPS) is 13.3. The first-order chi connectivity index (χ1) is 13.9. The maximum Gasteiger partial charge on any atom is 0.322 e. The first kappa shape index (κ1) is 31.6. The molecule has 0 fully saturated rings. The Kier molecular flexibility index (Phi) is 17.4. The molecule has 0 rings (SSSR count). The average molecular weight is 478 g/mol. The highest BCUT2D eigenvalue weighted by molar-refractivity contribution is 7.99. The van der Waals surface area contributed by atoms with E-state index in [1.165, 1.54) is 28.5 Å². The van der Waals surface area contributed by atoms with Crippen molar-refractivity contribution in [1.82, 2.24) is 4.72 Å².